The lowest BCUT2D eigenvalue weighted by Crippen LogP contribution is -2.29. The van der Waals surface area contributed by atoms with Gasteiger partial charge >= 0.3 is 0 Å². The van der Waals surface area contributed by atoms with Gasteiger partial charge in [0.25, 0.3) is 0 Å². The first kappa shape index (κ1) is 24.4. The Kier molecular flexibility index (Phi) is 7.15. The average Bonchev–Trinajstić information content (AvgIpc) is 3.16. The van der Waals surface area contributed by atoms with Crippen molar-refractivity contribution in [3.05, 3.63) is 77.5 Å². The maximum Gasteiger partial charge on any atom is 0.175 e. The van der Waals surface area contributed by atoms with Crippen molar-refractivity contribution in [1.29, 1.82) is 0 Å². The number of ether oxygens (including phenoxy) is 2. The van der Waals surface area contributed by atoms with Crippen LogP contribution in [-0.2, 0) is 4.79 Å². The van der Waals surface area contributed by atoms with Crippen LogP contribution in [0.2, 0.25) is 0 Å². The van der Waals surface area contributed by atoms with Crippen LogP contribution < -0.4 is 14.4 Å². The predicted molar refractivity (Wildman–Crippen MR) is 134 cm³/mol. The minimum atomic E-state index is -0.869. The van der Waals surface area contributed by atoms with Gasteiger partial charge < -0.3 is 14.4 Å². The lowest BCUT2D eigenvalue weighted by Gasteiger charge is -2.28. The second-order valence-corrected chi connectivity index (χ2v) is 9.34. The first-order valence-electron chi connectivity index (χ1n) is 11.9. The Hall–Kier alpha value is -3.74. The van der Waals surface area contributed by atoms with E-state index in [1.54, 1.807) is 24.3 Å². The smallest absolute Gasteiger partial charge is 0.175 e. The van der Waals surface area contributed by atoms with E-state index in [1.807, 2.05) is 75.9 Å². The standard InChI is InChI=1S/C28H31N3O4/c1-17(2)34-22-11-7-20(8-12-22)27-26(24(32)16-31(27)25-15-6-19(5)29-30-25)28(33)21-9-13-23(14-10-21)35-18(3)4/h6-15,17-18,26-27H,16H2,1-5H3. The van der Waals surface area contributed by atoms with Gasteiger partial charge in [-0.3, -0.25) is 9.59 Å². The molecule has 2 unspecified atom stereocenters. The molecular formula is C28H31N3O4. The molecular weight excluding hydrogens is 442 g/mol. The van der Waals surface area contributed by atoms with Gasteiger partial charge in [-0.1, -0.05) is 12.1 Å². The fourth-order valence-electron chi connectivity index (χ4n) is 4.32. The van der Waals surface area contributed by atoms with Gasteiger partial charge in [0.15, 0.2) is 17.4 Å². The third-order valence-electron chi connectivity index (χ3n) is 5.79. The number of aromatic nitrogens is 2. The highest BCUT2D eigenvalue weighted by molar-refractivity contribution is 6.14. The SMILES string of the molecule is Cc1ccc(N2CC(=O)C(C(=O)c3ccc(OC(C)C)cc3)C2c2ccc(OC(C)C)cc2)nn1. The van der Waals surface area contributed by atoms with Crippen LogP contribution in [-0.4, -0.2) is 40.5 Å². The van der Waals surface area contributed by atoms with Crippen molar-refractivity contribution in [3.63, 3.8) is 0 Å². The summed E-state index contributed by atoms with van der Waals surface area (Å²) in [6.45, 7) is 9.76. The van der Waals surface area contributed by atoms with E-state index in [9.17, 15) is 9.59 Å². The lowest BCUT2D eigenvalue weighted by molar-refractivity contribution is -0.118. The van der Waals surface area contributed by atoms with E-state index >= 15 is 0 Å². The average molecular weight is 474 g/mol. The molecule has 3 aromatic rings. The number of nitrogens with zero attached hydrogens (tertiary/aromatic N) is 3. The molecule has 2 atom stereocenters. The molecule has 1 aliphatic heterocycles. The van der Waals surface area contributed by atoms with Gasteiger partial charge in [-0.2, -0.15) is 5.10 Å². The fraction of sp³-hybridized carbons (Fsp3) is 0.357. The molecule has 35 heavy (non-hydrogen) atoms. The van der Waals surface area contributed by atoms with Crippen LogP contribution in [0, 0.1) is 12.8 Å². The zero-order valence-corrected chi connectivity index (χ0v) is 20.8. The number of hydrogen-bond acceptors (Lipinski definition) is 7. The Morgan fingerprint density at radius 2 is 1.43 bits per heavy atom. The van der Waals surface area contributed by atoms with Gasteiger partial charge in [-0.25, -0.2) is 0 Å². The molecule has 2 heterocycles. The Bertz CT molecular complexity index is 1170. The van der Waals surface area contributed by atoms with Crippen molar-refractivity contribution in [3.8, 4) is 11.5 Å². The number of anilines is 1. The zero-order chi connectivity index (χ0) is 25.1. The third-order valence-corrected chi connectivity index (χ3v) is 5.79. The summed E-state index contributed by atoms with van der Waals surface area (Å²) in [5, 5.41) is 8.47. The van der Waals surface area contributed by atoms with E-state index in [1.165, 1.54) is 0 Å². The molecule has 0 aliphatic carbocycles. The van der Waals surface area contributed by atoms with Crippen LogP contribution in [0.4, 0.5) is 5.82 Å². The number of ketones is 2. The number of rotatable bonds is 8. The molecule has 7 nitrogen and oxygen atoms in total. The molecule has 1 aliphatic rings. The first-order valence-corrected chi connectivity index (χ1v) is 11.9. The highest BCUT2D eigenvalue weighted by Gasteiger charge is 2.46. The van der Waals surface area contributed by atoms with E-state index in [-0.39, 0.29) is 30.3 Å². The summed E-state index contributed by atoms with van der Waals surface area (Å²) in [4.78, 5) is 28.8. The largest absolute Gasteiger partial charge is 0.491 e. The van der Waals surface area contributed by atoms with Gasteiger partial charge in [0.05, 0.1) is 30.5 Å². The summed E-state index contributed by atoms with van der Waals surface area (Å²) in [6.07, 6.45) is 0.0781. The Morgan fingerprint density at radius 1 is 0.857 bits per heavy atom. The molecule has 0 saturated carbocycles. The van der Waals surface area contributed by atoms with Crippen LogP contribution in [0.25, 0.3) is 0 Å². The molecule has 0 radical (unpaired) electrons. The van der Waals surface area contributed by atoms with E-state index in [0.29, 0.717) is 17.1 Å². The van der Waals surface area contributed by atoms with Gasteiger partial charge in [0.1, 0.15) is 17.4 Å². The highest BCUT2D eigenvalue weighted by atomic mass is 16.5. The molecule has 182 valence electrons. The minimum Gasteiger partial charge on any atom is -0.491 e. The molecule has 7 heteroatoms. The van der Waals surface area contributed by atoms with Crippen molar-refractivity contribution in [2.75, 3.05) is 11.4 Å². The number of aryl methyl sites for hydroxylation is 1. The molecule has 1 fully saturated rings. The van der Waals surface area contributed by atoms with Crippen molar-refractivity contribution in [2.45, 2.75) is 52.9 Å². The Labute approximate surface area is 206 Å². The quantitative estimate of drug-likeness (QED) is 0.337. The predicted octanol–water partition coefficient (Wildman–Crippen LogP) is 4.99. The van der Waals surface area contributed by atoms with Gasteiger partial charge in [0.2, 0.25) is 0 Å². The summed E-state index contributed by atoms with van der Waals surface area (Å²) in [7, 11) is 0. The molecule has 0 bridgehead atoms. The van der Waals surface area contributed by atoms with Crippen LogP contribution in [0.3, 0.4) is 0 Å². The molecule has 1 saturated heterocycles. The molecule has 4 rings (SSSR count). The van der Waals surface area contributed by atoms with Gasteiger partial charge in [-0.15, -0.1) is 5.10 Å². The van der Waals surface area contributed by atoms with Crippen LogP contribution in [0.15, 0.2) is 60.7 Å². The second kappa shape index (κ2) is 10.3. The normalized spacial score (nSPS) is 17.8. The first-order chi connectivity index (χ1) is 16.7. The van der Waals surface area contributed by atoms with Gasteiger partial charge in [-0.05, 0) is 88.7 Å². The van der Waals surface area contributed by atoms with Crippen molar-refractivity contribution in [1.82, 2.24) is 10.2 Å². The Morgan fingerprint density at radius 3 is 1.94 bits per heavy atom. The van der Waals surface area contributed by atoms with Crippen LogP contribution in [0.1, 0.15) is 55.4 Å². The van der Waals surface area contributed by atoms with Crippen molar-refractivity contribution >= 4 is 17.4 Å². The molecule has 0 N–H and O–H groups in total. The van der Waals surface area contributed by atoms with Gasteiger partial charge in [0, 0.05) is 5.56 Å². The van der Waals surface area contributed by atoms with E-state index in [2.05, 4.69) is 10.2 Å². The minimum absolute atomic E-state index is 0.0316. The maximum absolute atomic E-state index is 13.7. The van der Waals surface area contributed by atoms with Crippen LogP contribution >= 0.6 is 0 Å². The summed E-state index contributed by atoms with van der Waals surface area (Å²) >= 11 is 0. The summed E-state index contributed by atoms with van der Waals surface area (Å²) in [5.41, 5.74) is 2.09. The molecule has 0 amide bonds. The summed E-state index contributed by atoms with van der Waals surface area (Å²) in [6, 6.07) is 17.7. The second-order valence-electron chi connectivity index (χ2n) is 9.34. The molecule has 0 spiro atoms. The van der Waals surface area contributed by atoms with Crippen LogP contribution in [0.5, 0.6) is 11.5 Å². The van der Waals surface area contributed by atoms with Crippen molar-refractivity contribution in [2.24, 2.45) is 5.92 Å². The number of benzene rings is 2. The van der Waals surface area contributed by atoms with E-state index < -0.39 is 12.0 Å². The monoisotopic (exact) mass is 473 g/mol. The molecule has 2 aromatic carbocycles. The Balaban J connectivity index is 1.70. The third kappa shape index (κ3) is 5.50. The number of hydrogen-bond donors (Lipinski definition) is 0. The number of Topliss-reactive ketones (excluding diaryl/α,β-unsaturated/α-hetero) is 2. The zero-order valence-electron chi connectivity index (χ0n) is 20.8. The molecule has 1 aromatic heterocycles. The topological polar surface area (TPSA) is 81.6 Å². The van der Waals surface area contributed by atoms with Crippen molar-refractivity contribution < 1.29 is 19.1 Å². The number of carbonyl (C=O) groups excluding carboxylic acids is 2. The fourth-order valence-corrected chi connectivity index (χ4v) is 4.32. The maximum atomic E-state index is 13.7. The summed E-state index contributed by atoms with van der Waals surface area (Å²) in [5.74, 6) is 0.745. The highest BCUT2D eigenvalue weighted by Crippen LogP contribution is 2.40. The lowest BCUT2D eigenvalue weighted by atomic mass is 9.86. The summed E-state index contributed by atoms with van der Waals surface area (Å²) < 4.78 is 11.5. The number of carbonyl (C=O) groups is 2. The van der Waals surface area contributed by atoms with E-state index in [4.69, 9.17) is 9.47 Å². The van der Waals surface area contributed by atoms with E-state index in [0.717, 1.165) is 17.0 Å².